The molecule has 1 aromatic carbocycles. The van der Waals surface area contributed by atoms with E-state index in [1.54, 1.807) is 35.5 Å². The van der Waals surface area contributed by atoms with Gasteiger partial charge in [0.05, 0.1) is 36.6 Å². The lowest BCUT2D eigenvalue weighted by Crippen LogP contribution is -3.11. The molecule has 0 saturated carbocycles. The first-order valence-electron chi connectivity index (χ1n) is 10.3. The number of fused-ring (bicyclic) bond motifs is 2. The van der Waals surface area contributed by atoms with Gasteiger partial charge in [-0.1, -0.05) is 18.2 Å². The van der Waals surface area contributed by atoms with Crippen molar-refractivity contribution in [2.24, 2.45) is 0 Å². The number of nitrogens with zero attached hydrogens (tertiary/aromatic N) is 2. The Kier molecular flexibility index (Phi) is 5.45. The molecular weight excluding hydrogens is 366 g/mol. The van der Waals surface area contributed by atoms with Gasteiger partial charge in [-0.3, -0.25) is 14.6 Å². The third kappa shape index (κ3) is 3.44. The van der Waals surface area contributed by atoms with Gasteiger partial charge in [-0.2, -0.15) is 0 Å². The van der Waals surface area contributed by atoms with E-state index < -0.39 is 6.04 Å². The Balaban J connectivity index is 1.77. The van der Waals surface area contributed by atoms with Crippen molar-refractivity contribution in [2.75, 3.05) is 26.2 Å². The van der Waals surface area contributed by atoms with Gasteiger partial charge in [-0.15, -0.1) is 0 Å². The number of rotatable bonds is 7. The number of nitrogens with one attached hydrogen (secondary N) is 1. The minimum Gasteiger partial charge on any atom is -0.450 e. The summed E-state index contributed by atoms with van der Waals surface area (Å²) in [6, 6.07) is 10.4. The third-order valence-electron chi connectivity index (χ3n) is 5.80. The molecule has 0 unspecified atom stereocenters. The molecule has 1 aliphatic heterocycles. The first-order chi connectivity index (χ1) is 14.2. The SMILES string of the molecule is CC[NH+](CC)CCCN1C(=O)c2oc3ccccc3c(=O)c2[C@@H]1c1cccnc1. The number of aromatic nitrogens is 1. The van der Waals surface area contributed by atoms with Crippen LogP contribution in [-0.4, -0.2) is 42.0 Å². The minimum absolute atomic E-state index is 0.138. The molecular formula is C23H26N3O3+. The normalized spacial score (nSPS) is 16.0. The Morgan fingerprint density at radius 1 is 1.10 bits per heavy atom. The smallest absolute Gasteiger partial charge is 0.290 e. The van der Waals surface area contributed by atoms with E-state index in [-0.39, 0.29) is 17.1 Å². The van der Waals surface area contributed by atoms with Crippen molar-refractivity contribution in [3.8, 4) is 0 Å². The molecule has 0 aliphatic carbocycles. The Morgan fingerprint density at radius 3 is 2.62 bits per heavy atom. The molecule has 0 bridgehead atoms. The van der Waals surface area contributed by atoms with Gasteiger partial charge in [0.15, 0.2) is 5.43 Å². The molecule has 1 atom stereocenters. The van der Waals surface area contributed by atoms with Crippen LogP contribution in [-0.2, 0) is 0 Å². The summed E-state index contributed by atoms with van der Waals surface area (Å²) in [5.41, 5.74) is 1.57. The fourth-order valence-corrected chi connectivity index (χ4v) is 4.19. The van der Waals surface area contributed by atoms with Gasteiger partial charge in [-0.25, -0.2) is 0 Å². The highest BCUT2D eigenvalue weighted by Crippen LogP contribution is 2.37. The van der Waals surface area contributed by atoms with Crippen LogP contribution in [0.1, 0.15) is 48.0 Å². The zero-order valence-electron chi connectivity index (χ0n) is 16.9. The lowest BCUT2D eigenvalue weighted by molar-refractivity contribution is -0.896. The van der Waals surface area contributed by atoms with Crippen molar-refractivity contribution in [1.29, 1.82) is 0 Å². The molecule has 150 valence electrons. The van der Waals surface area contributed by atoms with Crippen LogP contribution in [0, 0.1) is 0 Å². The number of carbonyl (C=O) groups is 1. The molecule has 6 heteroatoms. The Hall–Kier alpha value is -2.99. The van der Waals surface area contributed by atoms with Gasteiger partial charge in [-0.05, 0) is 37.6 Å². The fraction of sp³-hybridized carbons (Fsp3) is 0.348. The van der Waals surface area contributed by atoms with Crippen molar-refractivity contribution in [3.05, 3.63) is 75.9 Å². The molecule has 3 heterocycles. The van der Waals surface area contributed by atoms with E-state index >= 15 is 0 Å². The van der Waals surface area contributed by atoms with Gasteiger partial charge >= 0.3 is 0 Å². The Labute approximate surface area is 169 Å². The van der Waals surface area contributed by atoms with Crippen LogP contribution in [0.3, 0.4) is 0 Å². The molecule has 0 radical (unpaired) electrons. The number of quaternary nitrogens is 1. The molecule has 1 aliphatic rings. The van der Waals surface area contributed by atoms with Crippen molar-refractivity contribution in [3.63, 3.8) is 0 Å². The third-order valence-corrected chi connectivity index (χ3v) is 5.80. The number of hydrogen-bond donors (Lipinski definition) is 1. The molecule has 0 saturated heterocycles. The van der Waals surface area contributed by atoms with E-state index in [0.717, 1.165) is 31.6 Å². The summed E-state index contributed by atoms with van der Waals surface area (Å²) in [6.07, 6.45) is 4.28. The van der Waals surface area contributed by atoms with Gasteiger partial charge in [0, 0.05) is 25.4 Å². The first kappa shape index (κ1) is 19.3. The van der Waals surface area contributed by atoms with Crippen LogP contribution in [0.2, 0.25) is 0 Å². The van der Waals surface area contributed by atoms with Crippen LogP contribution < -0.4 is 10.3 Å². The van der Waals surface area contributed by atoms with Crippen molar-refractivity contribution < 1.29 is 14.1 Å². The van der Waals surface area contributed by atoms with Crippen molar-refractivity contribution >= 4 is 16.9 Å². The average molecular weight is 392 g/mol. The number of hydrogen-bond acceptors (Lipinski definition) is 4. The molecule has 2 aromatic heterocycles. The second kappa shape index (κ2) is 8.17. The van der Waals surface area contributed by atoms with E-state index in [4.69, 9.17) is 4.42 Å². The fourth-order valence-electron chi connectivity index (χ4n) is 4.19. The molecule has 1 N–H and O–H groups in total. The van der Waals surface area contributed by atoms with Crippen LogP contribution >= 0.6 is 0 Å². The van der Waals surface area contributed by atoms with Crippen molar-refractivity contribution in [2.45, 2.75) is 26.3 Å². The number of carbonyl (C=O) groups excluding carboxylic acids is 1. The van der Waals surface area contributed by atoms with Crippen LogP contribution in [0.15, 0.2) is 58.0 Å². The average Bonchev–Trinajstić information content (AvgIpc) is 3.04. The summed E-state index contributed by atoms with van der Waals surface area (Å²) >= 11 is 0. The van der Waals surface area contributed by atoms with Gasteiger partial charge < -0.3 is 14.2 Å². The van der Waals surface area contributed by atoms with E-state index in [1.807, 2.05) is 18.2 Å². The zero-order valence-corrected chi connectivity index (χ0v) is 16.9. The number of pyridine rings is 1. The van der Waals surface area contributed by atoms with Crippen molar-refractivity contribution in [1.82, 2.24) is 9.88 Å². The molecule has 3 aromatic rings. The lowest BCUT2D eigenvalue weighted by Gasteiger charge is -2.25. The number of amides is 1. The van der Waals surface area contributed by atoms with Gasteiger partial charge in [0.25, 0.3) is 5.91 Å². The second-order valence-corrected chi connectivity index (χ2v) is 7.42. The molecule has 6 nitrogen and oxygen atoms in total. The zero-order chi connectivity index (χ0) is 20.4. The van der Waals surface area contributed by atoms with Crippen LogP contribution in [0.5, 0.6) is 0 Å². The predicted molar refractivity (Wildman–Crippen MR) is 111 cm³/mol. The molecule has 4 rings (SSSR count). The highest BCUT2D eigenvalue weighted by molar-refractivity contribution is 5.99. The highest BCUT2D eigenvalue weighted by atomic mass is 16.3. The standard InChI is InChI=1S/C23H25N3O3/c1-3-25(4-2)13-8-14-26-20(16-9-7-12-24-15-16)19-21(27)17-10-5-6-11-18(17)29-22(19)23(26)28/h5-7,9-12,15,20H,3-4,8,13-14H2,1-2H3/p+1/t20-/m0/s1. The monoisotopic (exact) mass is 392 g/mol. The van der Waals surface area contributed by atoms with E-state index in [0.29, 0.717) is 23.1 Å². The number of para-hydroxylation sites is 1. The summed E-state index contributed by atoms with van der Waals surface area (Å²) < 4.78 is 5.93. The largest absolute Gasteiger partial charge is 0.450 e. The minimum atomic E-state index is -0.459. The van der Waals surface area contributed by atoms with Gasteiger partial charge in [0.2, 0.25) is 5.76 Å². The number of benzene rings is 1. The maximum absolute atomic E-state index is 13.3. The van der Waals surface area contributed by atoms with E-state index in [9.17, 15) is 9.59 Å². The Bertz CT molecular complexity index is 1070. The summed E-state index contributed by atoms with van der Waals surface area (Å²) in [6.45, 7) is 8.01. The lowest BCUT2D eigenvalue weighted by atomic mass is 10.00. The van der Waals surface area contributed by atoms with E-state index in [2.05, 4.69) is 18.8 Å². The second-order valence-electron chi connectivity index (χ2n) is 7.42. The summed E-state index contributed by atoms with van der Waals surface area (Å²) in [5, 5.41) is 0.502. The highest BCUT2D eigenvalue weighted by Gasteiger charge is 2.42. The summed E-state index contributed by atoms with van der Waals surface area (Å²) in [5.74, 6) is -0.0519. The van der Waals surface area contributed by atoms with E-state index in [1.165, 1.54) is 4.90 Å². The summed E-state index contributed by atoms with van der Waals surface area (Å²) in [4.78, 5) is 34.0. The maximum Gasteiger partial charge on any atom is 0.290 e. The topological polar surface area (TPSA) is 67.8 Å². The molecule has 0 spiro atoms. The predicted octanol–water partition coefficient (Wildman–Crippen LogP) is 2.05. The van der Waals surface area contributed by atoms with Gasteiger partial charge in [0.1, 0.15) is 5.58 Å². The maximum atomic E-state index is 13.3. The summed E-state index contributed by atoms with van der Waals surface area (Å²) in [7, 11) is 0. The van der Waals surface area contributed by atoms with Crippen LogP contribution in [0.4, 0.5) is 0 Å². The molecule has 1 amide bonds. The Morgan fingerprint density at radius 2 is 1.90 bits per heavy atom. The first-order valence-corrected chi connectivity index (χ1v) is 10.3. The molecule has 29 heavy (non-hydrogen) atoms. The molecule has 0 fully saturated rings. The quantitative estimate of drug-likeness (QED) is 0.668. The van der Waals surface area contributed by atoms with Crippen LogP contribution in [0.25, 0.3) is 11.0 Å².